The van der Waals surface area contributed by atoms with Crippen molar-refractivity contribution >= 4 is 0 Å². The lowest BCUT2D eigenvalue weighted by Crippen LogP contribution is -2.36. The number of hydrogen-bond acceptors (Lipinski definition) is 2. The Kier molecular flexibility index (Phi) is 5.41. The van der Waals surface area contributed by atoms with E-state index in [9.17, 15) is 0 Å². The quantitative estimate of drug-likeness (QED) is 0.773. The zero-order valence-electron chi connectivity index (χ0n) is 12.5. The number of fused-ring (bicyclic) bond motifs is 1. The molecule has 3 atom stereocenters. The first-order chi connectivity index (χ1) is 9.24. The second-order valence-electron chi connectivity index (χ2n) is 5.77. The zero-order chi connectivity index (χ0) is 13.7. The van der Waals surface area contributed by atoms with Crippen LogP contribution in [0.3, 0.4) is 0 Å². The molecule has 0 amide bonds. The second kappa shape index (κ2) is 7.06. The maximum absolute atomic E-state index is 5.42. The summed E-state index contributed by atoms with van der Waals surface area (Å²) < 4.78 is 5.42. The van der Waals surface area contributed by atoms with Gasteiger partial charge in [-0.2, -0.15) is 0 Å². The van der Waals surface area contributed by atoms with Crippen LogP contribution in [0.5, 0.6) is 0 Å². The van der Waals surface area contributed by atoms with Crippen LogP contribution in [0, 0.1) is 0 Å². The lowest BCUT2D eigenvalue weighted by atomic mass is 9.74. The van der Waals surface area contributed by atoms with Gasteiger partial charge in [-0.05, 0) is 56.2 Å². The monoisotopic (exact) mass is 261 g/mol. The van der Waals surface area contributed by atoms with Gasteiger partial charge in [0.2, 0.25) is 0 Å². The van der Waals surface area contributed by atoms with Crippen molar-refractivity contribution in [3.05, 3.63) is 35.4 Å². The van der Waals surface area contributed by atoms with E-state index in [0.29, 0.717) is 12.1 Å². The molecule has 0 aliphatic heterocycles. The summed E-state index contributed by atoms with van der Waals surface area (Å²) in [6.07, 6.45) is 5.13. The van der Waals surface area contributed by atoms with Gasteiger partial charge in [-0.25, -0.2) is 0 Å². The number of methoxy groups -OCH3 is 1. The summed E-state index contributed by atoms with van der Waals surface area (Å²) in [5.41, 5.74) is 3.11. The molecule has 0 saturated heterocycles. The molecule has 1 aromatic carbocycles. The Morgan fingerprint density at radius 2 is 2.16 bits per heavy atom. The van der Waals surface area contributed by atoms with Gasteiger partial charge >= 0.3 is 0 Å². The molecule has 2 heteroatoms. The molecule has 106 valence electrons. The number of rotatable bonds is 8. The van der Waals surface area contributed by atoms with Crippen molar-refractivity contribution in [2.24, 2.45) is 0 Å². The maximum Gasteiger partial charge on any atom is 0.0558 e. The third kappa shape index (κ3) is 3.80. The maximum atomic E-state index is 5.42. The molecule has 1 N–H and O–H groups in total. The molecule has 0 radical (unpaired) electrons. The number of benzene rings is 1. The molecule has 0 saturated carbocycles. The van der Waals surface area contributed by atoms with Crippen LogP contribution >= 0.6 is 0 Å². The van der Waals surface area contributed by atoms with Crippen molar-refractivity contribution in [1.29, 1.82) is 0 Å². The molecule has 0 aromatic heterocycles. The Morgan fingerprint density at radius 1 is 1.37 bits per heavy atom. The van der Waals surface area contributed by atoms with E-state index in [-0.39, 0.29) is 0 Å². The summed E-state index contributed by atoms with van der Waals surface area (Å²) in [4.78, 5) is 0. The van der Waals surface area contributed by atoms with Crippen LogP contribution in [0.4, 0.5) is 0 Å². The zero-order valence-corrected chi connectivity index (χ0v) is 12.5. The Labute approximate surface area is 117 Å². The SMILES string of the molecule is CCCNC(CC(C)OC)CC1Cc2ccccc21. The molecule has 0 fully saturated rings. The third-order valence-electron chi connectivity index (χ3n) is 4.23. The fourth-order valence-corrected chi connectivity index (χ4v) is 3.02. The van der Waals surface area contributed by atoms with Crippen LogP contribution in [0.15, 0.2) is 24.3 Å². The smallest absolute Gasteiger partial charge is 0.0558 e. The fraction of sp³-hybridized carbons (Fsp3) is 0.647. The van der Waals surface area contributed by atoms with E-state index in [0.717, 1.165) is 18.9 Å². The average molecular weight is 261 g/mol. The standard InChI is InChI=1S/C17H27NO/c1-4-9-18-16(10-13(2)19-3)12-15-11-14-7-5-6-8-17(14)15/h5-8,13,15-16,18H,4,9-12H2,1-3H3. The van der Waals surface area contributed by atoms with E-state index in [1.807, 2.05) is 0 Å². The molecular formula is C17H27NO. The second-order valence-corrected chi connectivity index (χ2v) is 5.77. The van der Waals surface area contributed by atoms with Crippen LogP contribution in [0.1, 0.15) is 50.2 Å². The van der Waals surface area contributed by atoms with Gasteiger partial charge in [0.1, 0.15) is 0 Å². The predicted octanol–water partition coefficient (Wildman–Crippen LogP) is 3.51. The molecule has 0 heterocycles. The minimum atomic E-state index is 0.338. The van der Waals surface area contributed by atoms with E-state index in [1.54, 1.807) is 18.2 Å². The van der Waals surface area contributed by atoms with Gasteiger partial charge in [-0.15, -0.1) is 0 Å². The topological polar surface area (TPSA) is 21.3 Å². The van der Waals surface area contributed by atoms with Gasteiger partial charge < -0.3 is 10.1 Å². The molecule has 2 rings (SSSR count). The summed E-state index contributed by atoms with van der Waals surface area (Å²) in [7, 11) is 1.81. The highest BCUT2D eigenvalue weighted by molar-refractivity contribution is 5.39. The summed E-state index contributed by atoms with van der Waals surface area (Å²) in [5.74, 6) is 0.745. The molecule has 1 aliphatic carbocycles. The van der Waals surface area contributed by atoms with Crippen molar-refractivity contribution in [1.82, 2.24) is 5.32 Å². The first-order valence-corrected chi connectivity index (χ1v) is 7.58. The lowest BCUT2D eigenvalue weighted by Gasteiger charge is -2.34. The van der Waals surface area contributed by atoms with Crippen molar-refractivity contribution in [2.45, 2.75) is 57.6 Å². The van der Waals surface area contributed by atoms with Crippen LogP contribution < -0.4 is 5.32 Å². The van der Waals surface area contributed by atoms with Crippen LogP contribution in [0.25, 0.3) is 0 Å². The normalized spacial score (nSPS) is 20.5. The van der Waals surface area contributed by atoms with E-state index < -0.39 is 0 Å². The minimum absolute atomic E-state index is 0.338. The molecule has 2 nitrogen and oxygen atoms in total. The van der Waals surface area contributed by atoms with Gasteiger partial charge in [0.25, 0.3) is 0 Å². The van der Waals surface area contributed by atoms with E-state index >= 15 is 0 Å². The van der Waals surface area contributed by atoms with E-state index in [4.69, 9.17) is 4.74 Å². The highest BCUT2D eigenvalue weighted by atomic mass is 16.5. The molecular weight excluding hydrogens is 234 g/mol. The number of hydrogen-bond donors (Lipinski definition) is 1. The Hall–Kier alpha value is -0.860. The van der Waals surface area contributed by atoms with Crippen LogP contribution in [-0.4, -0.2) is 25.8 Å². The Morgan fingerprint density at radius 3 is 2.84 bits per heavy atom. The highest BCUT2D eigenvalue weighted by Crippen LogP contribution is 2.38. The number of nitrogens with one attached hydrogen (secondary N) is 1. The first kappa shape index (κ1) is 14.5. The van der Waals surface area contributed by atoms with Crippen molar-refractivity contribution in [3.63, 3.8) is 0 Å². The van der Waals surface area contributed by atoms with E-state index in [1.165, 1.54) is 19.3 Å². The highest BCUT2D eigenvalue weighted by Gasteiger charge is 2.28. The van der Waals surface area contributed by atoms with Crippen molar-refractivity contribution < 1.29 is 4.74 Å². The lowest BCUT2D eigenvalue weighted by molar-refractivity contribution is 0.0979. The van der Waals surface area contributed by atoms with Crippen molar-refractivity contribution in [3.8, 4) is 0 Å². The predicted molar refractivity (Wildman–Crippen MR) is 80.7 cm³/mol. The Bertz CT molecular complexity index is 391. The fourth-order valence-electron chi connectivity index (χ4n) is 3.02. The average Bonchev–Trinajstić information content (AvgIpc) is 2.41. The van der Waals surface area contributed by atoms with Crippen LogP contribution in [0.2, 0.25) is 0 Å². The van der Waals surface area contributed by atoms with Crippen molar-refractivity contribution in [2.75, 3.05) is 13.7 Å². The first-order valence-electron chi connectivity index (χ1n) is 7.58. The summed E-state index contributed by atoms with van der Waals surface area (Å²) in [5, 5.41) is 3.68. The minimum Gasteiger partial charge on any atom is -0.382 e. The summed E-state index contributed by atoms with van der Waals surface area (Å²) in [6.45, 7) is 5.49. The summed E-state index contributed by atoms with van der Waals surface area (Å²) >= 11 is 0. The molecule has 3 unspecified atom stereocenters. The van der Waals surface area contributed by atoms with Crippen LogP contribution in [-0.2, 0) is 11.2 Å². The number of ether oxygens (including phenoxy) is 1. The third-order valence-corrected chi connectivity index (χ3v) is 4.23. The molecule has 0 bridgehead atoms. The van der Waals surface area contributed by atoms with Gasteiger partial charge in [0.05, 0.1) is 6.10 Å². The van der Waals surface area contributed by atoms with Gasteiger partial charge in [0, 0.05) is 13.2 Å². The molecule has 0 spiro atoms. The largest absolute Gasteiger partial charge is 0.382 e. The van der Waals surface area contributed by atoms with E-state index in [2.05, 4.69) is 43.4 Å². The molecule has 1 aromatic rings. The Balaban J connectivity index is 1.90. The van der Waals surface area contributed by atoms with Gasteiger partial charge in [-0.1, -0.05) is 31.2 Å². The molecule has 1 aliphatic rings. The van der Waals surface area contributed by atoms with Gasteiger partial charge in [-0.3, -0.25) is 0 Å². The molecule has 19 heavy (non-hydrogen) atoms. The summed E-state index contributed by atoms with van der Waals surface area (Å²) in [6, 6.07) is 9.44. The van der Waals surface area contributed by atoms with Gasteiger partial charge in [0.15, 0.2) is 0 Å².